The van der Waals surface area contributed by atoms with Crippen LogP contribution < -0.4 is 10.6 Å². The summed E-state index contributed by atoms with van der Waals surface area (Å²) in [5.41, 5.74) is 9.00. The van der Waals surface area contributed by atoms with Gasteiger partial charge in [-0.15, -0.1) is 0 Å². The number of amides is 1. The SMILES string of the molecule is Cc1cccc(N(C)C(=O)C(CN)Cc2ccccc2)c1. The molecule has 0 radical (unpaired) electrons. The molecule has 0 saturated carbocycles. The van der Waals surface area contributed by atoms with Crippen LogP contribution in [0.25, 0.3) is 0 Å². The fourth-order valence-electron chi connectivity index (χ4n) is 2.41. The van der Waals surface area contributed by atoms with Crippen LogP contribution in [0.15, 0.2) is 54.6 Å². The van der Waals surface area contributed by atoms with E-state index in [2.05, 4.69) is 0 Å². The molecular formula is C18H22N2O. The number of anilines is 1. The monoisotopic (exact) mass is 282 g/mol. The lowest BCUT2D eigenvalue weighted by Gasteiger charge is -2.23. The van der Waals surface area contributed by atoms with Crippen LogP contribution in [0.1, 0.15) is 11.1 Å². The number of nitrogens with zero attached hydrogens (tertiary/aromatic N) is 1. The van der Waals surface area contributed by atoms with Crippen LogP contribution in [-0.4, -0.2) is 19.5 Å². The van der Waals surface area contributed by atoms with E-state index in [9.17, 15) is 4.79 Å². The maximum absolute atomic E-state index is 12.6. The Kier molecular flexibility index (Phi) is 5.12. The summed E-state index contributed by atoms with van der Waals surface area (Å²) < 4.78 is 0. The highest BCUT2D eigenvalue weighted by molar-refractivity contribution is 5.94. The minimum atomic E-state index is -0.196. The lowest BCUT2D eigenvalue weighted by Crippen LogP contribution is -2.37. The quantitative estimate of drug-likeness (QED) is 0.916. The van der Waals surface area contributed by atoms with Crippen molar-refractivity contribution in [2.45, 2.75) is 13.3 Å². The standard InChI is InChI=1S/C18H22N2O/c1-14-7-6-10-17(11-14)20(2)18(21)16(13-19)12-15-8-4-3-5-9-15/h3-11,16H,12-13,19H2,1-2H3. The van der Waals surface area contributed by atoms with Gasteiger partial charge in [0.25, 0.3) is 0 Å². The molecule has 0 aliphatic rings. The molecule has 3 heteroatoms. The first kappa shape index (κ1) is 15.3. The van der Waals surface area contributed by atoms with Gasteiger partial charge < -0.3 is 10.6 Å². The van der Waals surface area contributed by atoms with E-state index < -0.39 is 0 Å². The average Bonchev–Trinajstić information content (AvgIpc) is 2.52. The predicted octanol–water partition coefficient (Wildman–Crippen LogP) is 2.78. The van der Waals surface area contributed by atoms with Crippen molar-refractivity contribution in [1.29, 1.82) is 0 Å². The first-order chi connectivity index (χ1) is 10.1. The summed E-state index contributed by atoms with van der Waals surface area (Å²) in [5.74, 6) is -0.134. The van der Waals surface area contributed by atoms with Crippen LogP contribution in [0.3, 0.4) is 0 Å². The van der Waals surface area contributed by atoms with Gasteiger partial charge in [0.2, 0.25) is 5.91 Å². The van der Waals surface area contributed by atoms with Crippen LogP contribution >= 0.6 is 0 Å². The molecule has 3 nitrogen and oxygen atoms in total. The largest absolute Gasteiger partial charge is 0.330 e. The van der Waals surface area contributed by atoms with Crippen LogP contribution in [0, 0.1) is 12.8 Å². The predicted molar refractivity (Wildman–Crippen MR) is 87.3 cm³/mol. The lowest BCUT2D eigenvalue weighted by atomic mass is 9.98. The zero-order chi connectivity index (χ0) is 15.2. The molecule has 2 rings (SSSR count). The molecule has 1 atom stereocenters. The van der Waals surface area contributed by atoms with E-state index in [1.54, 1.807) is 4.90 Å². The Morgan fingerprint density at radius 2 is 1.86 bits per heavy atom. The molecule has 21 heavy (non-hydrogen) atoms. The highest BCUT2D eigenvalue weighted by Gasteiger charge is 2.22. The Labute approximate surface area is 126 Å². The zero-order valence-corrected chi connectivity index (χ0v) is 12.6. The Bertz CT molecular complexity index is 595. The summed E-state index contributed by atoms with van der Waals surface area (Å²) in [6, 6.07) is 17.9. The van der Waals surface area contributed by atoms with Gasteiger partial charge >= 0.3 is 0 Å². The number of hydrogen-bond acceptors (Lipinski definition) is 2. The van der Waals surface area contributed by atoms with Crippen molar-refractivity contribution in [3.8, 4) is 0 Å². The number of nitrogens with two attached hydrogens (primary N) is 1. The fourth-order valence-corrected chi connectivity index (χ4v) is 2.41. The van der Waals surface area contributed by atoms with Crippen molar-refractivity contribution >= 4 is 11.6 Å². The minimum absolute atomic E-state index is 0.0620. The number of benzene rings is 2. The van der Waals surface area contributed by atoms with Crippen LogP contribution in [0.4, 0.5) is 5.69 Å². The summed E-state index contributed by atoms with van der Waals surface area (Å²) in [6.45, 7) is 2.37. The molecule has 1 amide bonds. The molecule has 0 spiro atoms. The van der Waals surface area contributed by atoms with Gasteiger partial charge in [0, 0.05) is 19.3 Å². The summed E-state index contributed by atoms with van der Waals surface area (Å²) in [4.78, 5) is 14.3. The van der Waals surface area contributed by atoms with Gasteiger partial charge in [-0.3, -0.25) is 4.79 Å². The molecule has 0 bridgehead atoms. The number of carbonyl (C=O) groups is 1. The van der Waals surface area contributed by atoms with E-state index in [1.165, 1.54) is 0 Å². The van der Waals surface area contributed by atoms with Gasteiger partial charge in [0.1, 0.15) is 0 Å². The Hall–Kier alpha value is -2.13. The summed E-state index contributed by atoms with van der Waals surface area (Å²) >= 11 is 0. The first-order valence-corrected chi connectivity index (χ1v) is 7.20. The van der Waals surface area contributed by atoms with E-state index in [4.69, 9.17) is 5.73 Å². The maximum atomic E-state index is 12.6. The van der Waals surface area contributed by atoms with Crippen LogP contribution in [-0.2, 0) is 11.2 Å². The van der Waals surface area contributed by atoms with Crippen molar-refractivity contribution in [2.75, 3.05) is 18.5 Å². The number of hydrogen-bond donors (Lipinski definition) is 1. The maximum Gasteiger partial charge on any atom is 0.231 e. The molecule has 0 aliphatic heterocycles. The van der Waals surface area contributed by atoms with Gasteiger partial charge in [-0.25, -0.2) is 0 Å². The second kappa shape index (κ2) is 7.04. The number of rotatable bonds is 5. The highest BCUT2D eigenvalue weighted by atomic mass is 16.2. The van der Waals surface area contributed by atoms with E-state index in [0.717, 1.165) is 16.8 Å². The normalized spacial score (nSPS) is 12.0. The molecule has 2 aromatic rings. The van der Waals surface area contributed by atoms with Crippen molar-refractivity contribution in [3.05, 3.63) is 65.7 Å². The van der Waals surface area contributed by atoms with Crippen molar-refractivity contribution < 1.29 is 4.79 Å². The van der Waals surface area contributed by atoms with Crippen molar-refractivity contribution in [2.24, 2.45) is 11.7 Å². The van der Waals surface area contributed by atoms with E-state index in [0.29, 0.717) is 13.0 Å². The first-order valence-electron chi connectivity index (χ1n) is 7.20. The number of aryl methyl sites for hydroxylation is 1. The molecule has 0 aliphatic carbocycles. The highest BCUT2D eigenvalue weighted by Crippen LogP contribution is 2.18. The third-order valence-electron chi connectivity index (χ3n) is 3.68. The molecular weight excluding hydrogens is 260 g/mol. The Balaban J connectivity index is 2.12. The van der Waals surface area contributed by atoms with E-state index in [-0.39, 0.29) is 11.8 Å². The molecule has 2 aromatic carbocycles. The summed E-state index contributed by atoms with van der Waals surface area (Å²) in [7, 11) is 1.81. The van der Waals surface area contributed by atoms with Crippen LogP contribution in [0.5, 0.6) is 0 Å². The third kappa shape index (κ3) is 3.92. The molecule has 0 fully saturated rings. The van der Waals surface area contributed by atoms with Gasteiger partial charge in [-0.2, -0.15) is 0 Å². The second-order valence-electron chi connectivity index (χ2n) is 5.36. The average molecular weight is 282 g/mol. The fraction of sp³-hybridized carbons (Fsp3) is 0.278. The van der Waals surface area contributed by atoms with Crippen molar-refractivity contribution in [1.82, 2.24) is 0 Å². The topological polar surface area (TPSA) is 46.3 Å². The molecule has 0 aromatic heterocycles. The Morgan fingerprint density at radius 1 is 1.14 bits per heavy atom. The van der Waals surface area contributed by atoms with Crippen LogP contribution in [0.2, 0.25) is 0 Å². The molecule has 2 N–H and O–H groups in total. The second-order valence-corrected chi connectivity index (χ2v) is 5.36. The third-order valence-corrected chi connectivity index (χ3v) is 3.68. The Morgan fingerprint density at radius 3 is 2.48 bits per heavy atom. The van der Waals surface area contributed by atoms with E-state index in [1.807, 2.05) is 68.6 Å². The molecule has 1 unspecified atom stereocenters. The summed E-state index contributed by atoms with van der Waals surface area (Å²) in [6.07, 6.45) is 0.673. The smallest absolute Gasteiger partial charge is 0.231 e. The lowest BCUT2D eigenvalue weighted by molar-refractivity contribution is -0.121. The minimum Gasteiger partial charge on any atom is -0.330 e. The molecule has 110 valence electrons. The van der Waals surface area contributed by atoms with Crippen molar-refractivity contribution in [3.63, 3.8) is 0 Å². The van der Waals surface area contributed by atoms with Gasteiger partial charge in [-0.05, 0) is 36.6 Å². The zero-order valence-electron chi connectivity index (χ0n) is 12.6. The molecule has 0 saturated heterocycles. The van der Waals surface area contributed by atoms with Gasteiger partial charge in [0.05, 0.1) is 5.92 Å². The van der Waals surface area contributed by atoms with Gasteiger partial charge in [0.15, 0.2) is 0 Å². The van der Waals surface area contributed by atoms with E-state index >= 15 is 0 Å². The van der Waals surface area contributed by atoms with Gasteiger partial charge in [-0.1, -0.05) is 42.5 Å². The number of carbonyl (C=O) groups excluding carboxylic acids is 1. The molecule has 0 heterocycles. The summed E-state index contributed by atoms with van der Waals surface area (Å²) in [5, 5.41) is 0.